The second kappa shape index (κ2) is 6.35. The Kier molecular flexibility index (Phi) is 4.81. The summed E-state index contributed by atoms with van der Waals surface area (Å²) in [6.07, 6.45) is 0.234. The van der Waals surface area contributed by atoms with E-state index in [1.807, 2.05) is 6.07 Å². The van der Waals surface area contributed by atoms with Crippen LogP contribution in [0.15, 0.2) is 18.2 Å². The van der Waals surface area contributed by atoms with Crippen molar-refractivity contribution in [3.05, 3.63) is 29.6 Å². The third-order valence-electron chi connectivity index (χ3n) is 2.35. The van der Waals surface area contributed by atoms with E-state index in [1.165, 1.54) is 23.1 Å². The number of carboxylic acid groups (broad SMARTS) is 1. The molecular formula is C12H13N3O3. The van der Waals surface area contributed by atoms with Gasteiger partial charge in [-0.25, -0.2) is 9.78 Å². The highest BCUT2D eigenvalue weighted by Gasteiger charge is 2.16. The van der Waals surface area contributed by atoms with Crippen LogP contribution in [0.3, 0.4) is 0 Å². The van der Waals surface area contributed by atoms with Gasteiger partial charge in [0.2, 0.25) is 0 Å². The summed E-state index contributed by atoms with van der Waals surface area (Å²) in [5.41, 5.74) is -0.0909. The lowest BCUT2D eigenvalue weighted by Gasteiger charge is -2.18. The Morgan fingerprint density at radius 3 is 2.67 bits per heavy atom. The number of nitriles is 1. The van der Waals surface area contributed by atoms with Gasteiger partial charge in [0.05, 0.1) is 12.5 Å². The Labute approximate surface area is 104 Å². The summed E-state index contributed by atoms with van der Waals surface area (Å²) in [5, 5.41) is 17.3. The molecule has 1 amide bonds. The van der Waals surface area contributed by atoms with Gasteiger partial charge in [0.1, 0.15) is 11.4 Å². The van der Waals surface area contributed by atoms with Crippen LogP contribution in [-0.4, -0.2) is 40.0 Å². The fraction of sp³-hybridized carbons (Fsp3) is 0.333. The highest BCUT2D eigenvalue weighted by atomic mass is 16.4. The quantitative estimate of drug-likeness (QED) is 0.842. The van der Waals surface area contributed by atoms with E-state index in [0.29, 0.717) is 13.1 Å². The number of hydrogen-bond donors (Lipinski definition) is 1. The van der Waals surface area contributed by atoms with Crippen LogP contribution >= 0.6 is 0 Å². The van der Waals surface area contributed by atoms with Crippen LogP contribution in [0, 0.1) is 11.3 Å². The summed E-state index contributed by atoms with van der Waals surface area (Å²) in [5.74, 6) is -1.54. The lowest BCUT2D eigenvalue weighted by atomic mass is 10.2. The smallest absolute Gasteiger partial charge is 0.354 e. The molecule has 1 heterocycles. The van der Waals surface area contributed by atoms with Crippen LogP contribution in [0.2, 0.25) is 0 Å². The Morgan fingerprint density at radius 1 is 1.44 bits per heavy atom. The van der Waals surface area contributed by atoms with Crippen molar-refractivity contribution in [1.82, 2.24) is 9.88 Å². The Hall–Kier alpha value is -2.42. The number of carbonyl (C=O) groups is 2. The largest absolute Gasteiger partial charge is 0.477 e. The summed E-state index contributed by atoms with van der Waals surface area (Å²) in [6.45, 7) is 2.54. The van der Waals surface area contributed by atoms with Gasteiger partial charge in [-0.05, 0) is 19.1 Å². The first kappa shape index (κ1) is 13.6. The van der Waals surface area contributed by atoms with Gasteiger partial charge in [-0.1, -0.05) is 6.07 Å². The Balaban J connectivity index is 2.91. The summed E-state index contributed by atoms with van der Waals surface area (Å²) >= 11 is 0. The molecule has 0 saturated carbocycles. The van der Waals surface area contributed by atoms with Crippen LogP contribution < -0.4 is 0 Å². The van der Waals surface area contributed by atoms with Crippen molar-refractivity contribution in [3.63, 3.8) is 0 Å². The highest BCUT2D eigenvalue weighted by Crippen LogP contribution is 2.05. The summed E-state index contributed by atoms with van der Waals surface area (Å²) in [7, 11) is 0. The van der Waals surface area contributed by atoms with Gasteiger partial charge in [0.15, 0.2) is 0 Å². The minimum Gasteiger partial charge on any atom is -0.477 e. The summed E-state index contributed by atoms with van der Waals surface area (Å²) in [6, 6.07) is 6.22. The topological polar surface area (TPSA) is 94.3 Å². The van der Waals surface area contributed by atoms with Gasteiger partial charge in [-0.3, -0.25) is 4.79 Å². The molecule has 0 atom stereocenters. The number of carboxylic acids is 1. The molecule has 0 saturated heterocycles. The molecule has 1 aromatic rings. The Morgan fingerprint density at radius 2 is 2.11 bits per heavy atom. The van der Waals surface area contributed by atoms with Crippen molar-refractivity contribution in [3.8, 4) is 6.07 Å². The lowest BCUT2D eigenvalue weighted by molar-refractivity contribution is 0.0690. The van der Waals surface area contributed by atoms with E-state index < -0.39 is 5.97 Å². The minimum atomic E-state index is -1.18. The zero-order valence-corrected chi connectivity index (χ0v) is 9.96. The number of nitrogens with zero attached hydrogens (tertiary/aromatic N) is 3. The van der Waals surface area contributed by atoms with Crippen molar-refractivity contribution in [1.29, 1.82) is 5.26 Å². The summed E-state index contributed by atoms with van der Waals surface area (Å²) in [4.78, 5) is 28.0. The van der Waals surface area contributed by atoms with E-state index in [0.717, 1.165) is 0 Å². The van der Waals surface area contributed by atoms with Crippen molar-refractivity contribution >= 4 is 11.9 Å². The third-order valence-corrected chi connectivity index (χ3v) is 2.35. The van der Waals surface area contributed by atoms with Gasteiger partial charge >= 0.3 is 5.97 Å². The van der Waals surface area contributed by atoms with Gasteiger partial charge in [0, 0.05) is 13.1 Å². The zero-order valence-electron chi connectivity index (χ0n) is 9.96. The zero-order chi connectivity index (χ0) is 13.5. The maximum atomic E-state index is 12.0. The van der Waals surface area contributed by atoms with E-state index in [-0.39, 0.29) is 23.7 Å². The monoisotopic (exact) mass is 247 g/mol. The molecule has 6 heteroatoms. The van der Waals surface area contributed by atoms with E-state index in [1.54, 1.807) is 6.92 Å². The van der Waals surface area contributed by atoms with Gasteiger partial charge < -0.3 is 10.0 Å². The van der Waals surface area contributed by atoms with Crippen LogP contribution in [0.5, 0.6) is 0 Å². The fourth-order valence-electron chi connectivity index (χ4n) is 1.42. The molecule has 18 heavy (non-hydrogen) atoms. The van der Waals surface area contributed by atoms with Gasteiger partial charge in [-0.2, -0.15) is 5.26 Å². The van der Waals surface area contributed by atoms with E-state index in [9.17, 15) is 9.59 Å². The molecule has 0 fully saturated rings. The van der Waals surface area contributed by atoms with E-state index >= 15 is 0 Å². The van der Waals surface area contributed by atoms with Crippen molar-refractivity contribution in [2.45, 2.75) is 13.3 Å². The normalized spacial score (nSPS) is 9.56. The minimum absolute atomic E-state index is 0.0784. The molecule has 0 aromatic carbocycles. The molecule has 1 rings (SSSR count). The SMILES string of the molecule is CCN(CCC#N)C(=O)c1cccc(C(=O)O)n1. The second-order valence-corrected chi connectivity index (χ2v) is 3.51. The molecule has 0 unspecified atom stereocenters. The van der Waals surface area contributed by atoms with Gasteiger partial charge in [-0.15, -0.1) is 0 Å². The maximum Gasteiger partial charge on any atom is 0.354 e. The number of aromatic carboxylic acids is 1. The molecule has 0 aliphatic rings. The Bertz CT molecular complexity index is 494. The first-order chi connectivity index (χ1) is 8.60. The van der Waals surface area contributed by atoms with Crippen molar-refractivity contribution in [2.75, 3.05) is 13.1 Å². The van der Waals surface area contributed by atoms with E-state index in [2.05, 4.69) is 4.98 Å². The highest BCUT2D eigenvalue weighted by molar-refractivity contribution is 5.94. The average Bonchev–Trinajstić information content (AvgIpc) is 2.39. The fourth-order valence-corrected chi connectivity index (χ4v) is 1.42. The number of aromatic nitrogens is 1. The first-order valence-corrected chi connectivity index (χ1v) is 5.46. The molecule has 1 aromatic heterocycles. The molecular weight excluding hydrogens is 234 g/mol. The molecule has 0 aliphatic carbocycles. The number of carbonyl (C=O) groups excluding carboxylic acids is 1. The van der Waals surface area contributed by atoms with Crippen molar-refractivity contribution < 1.29 is 14.7 Å². The number of hydrogen-bond acceptors (Lipinski definition) is 4. The number of pyridine rings is 1. The van der Waals surface area contributed by atoms with Crippen LogP contribution in [0.4, 0.5) is 0 Å². The molecule has 0 spiro atoms. The predicted molar refractivity (Wildman–Crippen MR) is 63.0 cm³/mol. The van der Waals surface area contributed by atoms with Crippen LogP contribution in [0.25, 0.3) is 0 Å². The third kappa shape index (κ3) is 3.28. The number of amides is 1. The lowest BCUT2D eigenvalue weighted by Crippen LogP contribution is -2.32. The number of rotatable bonds is 5. The molecule has 1 N–H and O–H groups in total. The molecule has 94 valence electrons. The predicted octanol–water partition coefficient (Wildman–Crippen LogP) is 1.16. The maximum absolute atomic E-state index is 12.0. The molecule has 0 bridgehead atoms. The summed E-state index contributed by atoms with van der Waals surface area (Å²) < 4.78 is 0. The first-order valence-electron chi connectivity index (χ1n) is 5.46. The van der Waals surface area contributed by atoms with Crippen LogP contribution in [0.1, 0.15) is 34.3 Å². The standard InChI is InChI=1S/C12H13N3O3/c1-2-15(8-4-7-13)11(16)9-5-3-6-10(14-9)12(17)18/h3,5-6H,2,4,8H2,1H3,(H,17,18). The van der Waals surface area contributed by atoms with Crippen molar-refractivity contribution in [2.24, 2.45) is 0 Å². The molecule has 0 aliphatic heterocycles. The van der Waals surface area contributed by atoms with E-state index in [4.69, 9.17) is 10.4 Å². The molecule has 0 radical (unpaired) electrons. The van der Waals surface area contributed by atoms with Crippen LogP contribution in [-0.2, 0) is 0 Å². The second-order valence-electron chi connectivity index (χ2n) is 3.51. The average molecular weight is 247 g/mol. The van der Waals surface area contributed by atoms with Gasteiger partial charge in [0.25, 0.3) is 5.91 Å². The molecule has 6 nitrogen and oxygen atoms in total.